The Morgan fingerprint density at radius 2 is 2.14 bits per heavy atom. The van der Waals surface area contributed by atoms with Crippen LogP contribution in [0.3, 0.4) is 0 Å². The highest BCUT2D eigenvalue weighted by atomic mass is 32.2. The largest absolute Gasteiger partial charge is 0.495 e. The summed E-state index contributed by atoms with van der Waals surface area (Å²) in [4.78, 5) is 10.7. The molecule has 1 aliphatic rings. The molecular weight excluding hydrogens is 294 g/mol. The first-order valence-electron chi connectivity index (χ1n) is 6.80. The maximum absolute atomic E-state index is 12.6. The highest BCUT2D eigenvalue weighted by Crippen LogP contribution is 2.31. The molecule has 1 N–H and O–H groups in total. The molecule has 116 valence electrons. The Labute approximate surface area is 124 Å². The van der Waals surface area contributed by atoms with E-state index < -0.39 is 16.0 Å². The van der Waals surface area contributed by atoms with Crippen molar-refractivity contribution in [2.75, 3.05) is 20.2 Å². The van der Waals surface area contributed by atoms with Gasteiger partial charge < -0.3 is 9.84 Å². The molecule has 0 aliphatic carbocycles. The van der Waals surface area contributed by atoms with Crippen molar-refractivity contribution >= 4 is 16.0 Å². The van der Waals surface area contributed by atoms with Crippen LogP contribution in [0.15, 0.2) is 29.2 Å². The van der Waals surface area contributed by atoms with Crippen molar-refractivity contribution in [3.63, 3.8) is 0 Å². The zero-order valence-electron chi connectivity index (χ0n) is 11.9. The molecule has 2 rings (SSSR count). The number of aliphatic carboxylic acids is 1. The van der Waals surface area contributed by atoms with E-state index in [1.165, 1.54) is 17.5 Å². The summed E-state index contributed by atoms with van der Waals surface area (Å²) in [6, 6.07) is 6.52. The van der Waals surface area contributed by atoms with E-state index in [4.69, 9.17) is 9.84 Å². The number of rotatable bonds is 6. The van der Waals surface area contributed by atoms with E-state index in [0.29, 0.717) is 31.7 Å². The fraction of sp³-hybridized carbons (Fsp3) is 0.500. The Balaban J connectivity index is 2.12. The first kappa shape index (κ1) is 15.8. The molecule has 0 aromatic heterocycles. The number of hydrogen-bond acceptors (Lipinski definition) is 4. The monoisotopic (exact) mass is 313 g/mol. The lowest BCUT2D eigenvalue weighted by Crippen LogP contribution is -2.29. The maximum atomic E-state index is 12.6. The van der Waals surface area contributed by atoms with Gasteiger partial charge in [-0.2, -0.15) is 4.31 Å². The number of methoxy groups -OCH3 is 1. The van der Waals surface area contributed by atoms with E-state index >= 15 is 0 Å². The molecule has 1 unspecified atom stereocenters. The minimum absolute atomic E-state index is 0.0766. The summed E-state index contributed by atoms with van der Waals surface area (Å²) in [5, 5.41) is 8.70. The molecule has 1 aromatic carbocycles. The number of carbonyl (C=O) groups is 1. The first-order valence-corrected chi connectivity index (χ1v) is 8.24. The molecular formula is C14H19NO5S. The number of ether oxygens (including phenoxy) is 1. The van der Waals surface area contributed by atoms with Crippen LogP contribution in [-0.2, 0) is 14.8 Å². The van der Waals surface area contributed by atoms with Gasteiger partial charge in [-0.15, -0.1) is 0 Å². The van der Waals surface area contributed by atoms with E-state index in [2.05, 4.69) is 0 Å². The average molecular weight is 313 g/mol. The Morgan fingerprint density at radius 3 is 2.81 bits per heavy atom. The van der Waals surface area contributed by atoms with Gasteiger partial charge in [-0.25, -0.2) is 8.42 Å². The fourth-order valence-corrected chi connectivity index (χ4v) is 4.24. The smallest absolute Gasteiger partial charge is 0.303 e. The highest BCUT2D eigenvalue weighted by Gasteiger charge is 2.34. The van der Waals surface area contributed by atoms with Crippen LogP contribution in [0.25, 0.3) is 0 Å². The zero-order chi connectivity index (χ0) is 15.5. The molecule has 1 heterocycles. The van der Waals surface area contributed by atoms with Crippen LogP contribution in [0.1, 0.15) is 19.3 Å². The molecule has 1 aromatic rings. The van der Waals surface area contributed by atoms with Crippen molar-refractivity contribution in [2.24, 2.45) is 5.92 Å². The standard InChI is InChI=1S/C14H19NO5S/c1-20-12-4-2-3-5-13(12)21(18,19)15-9-8-11(10-15)6-7-14(16)17/h2-5,11H,6-10H2,1H3,(H,16,17). The normalized spacial score (nSPS) is 19.6. The number of carboxylic acid groups (broad SMARTS) is 1. The van der Waals surface area contributed by atoms with Gasteiger partial charge in [0.15, 0.2) is 0 Å². The summed E-state index contributed by atoms with van der Waals surface area (Å²) in [5.41, 5.74) is 0. The van der Waals surface area contributed by atoms with Crippen molar-refractivity contribution in [1.82, 2.24) is 4.31 Å². The quantitative estimate of drug-likeness (QED) is 0.862. The van der Waals surface area contributed by atoms with E-state index in [0.717, 1.165) is 0 Å². The highest BCUT2D eigenvalue weighted by molar-refractivity contribution is 7.89. The van der Waals surface area contributed by atoms with Gasteiger partial charge in [0.05, 0.1) is 7.11 Å². The molecule has 1 saturated heterocycles. The fourth-order valence-electron chi connectivity index (χ4n) is 2.55. The van der Waals surface area contributed by atoms with E-state index in [9.17, 15) is 13.2 Å². The topological polar surface area (TPSA) is 83.9 Å². The summed E-state index contributed by atoms with van der Waals surface area (Å²) in [6.45, 7) is 0.790. The third-order valence-corrected chi connectivity index (χ3v) is 5.61. The predicted octanol–water partition coefficient (Wildman–Crippen LogP) is 1.57. The van der Waals surface area contributed by atoms with Gasteiger partial charge >= 0.3 is 5.97 Å². The maximum Gasteiger partial charge on any atom is 0.303 e. The van der Waals surface area contributed by atoms with Gasteiger partial charge in [-0.1, -0.05) is 12.1 Å². The number of sulfonamides is 1. The number of para-hydroxylation sites is 1. The SMILES string of the molecule is COc1ccccc1S(=O)(=O)N1CCC(CCC(=O)O)C1. The van der Waals surface area contributed by atoms with E-state index in [1.54, 1.807) is 18.2 Å². The number of hydrogen-bond donors (Lipinski definition) is 1. The van der Waals surface area contributed by atoms with Crippen LogP contribution in [0.4, 0.5) is 0 Å². The van der Waals surface area contributed by atoms with E-state index in [1.807, 2.05) is 0 Å². The molecule has 0 amide bonds. The molecule has 6 nitrogen and oxygen atoms in total. The molecule has 7 heteroatoms. The molecule has 1 fully saturated rings. The number of benzene rings is 1. The lowest BCUT2D eigenvalue weighted by atomic mass is 10.0. The van der Waals surface area contributed by atoms with Crippen LogP contribution in [-0.4, -0.2) is 44.0 Å². The lowest BCUT2D eigenvalue weighted by Gasteiger charge is -2.18. The summed E-state index contributed by atoms with van der Waals surface area (Å²) >= 11 is 0. The third kappa shape index (κ3) is 3.54. The van der Waals surface area contributed by atoms with E-state index in [-0.39, 0.29) is 17.2 Å². The second-order valence-electron chi connectivity index (χ2n) is 5.10. The van der Waals surface area contributed by atoms with Crippen molar-refractivity contribution < 1.29 is 23.1 Å². The van der Waals surface area contributed by atoms with Gasteiger partial charge in [-0.05, 0) is 30.9 Å². The molecule has 0 saturated carbocycles. The Bertz CT molecular complexity index is 614. The van der Waals surface area contributed by atoms with Crippen LogP contribution < -0.4 is 4.74 Å². The molecule has 0 spiro atoms. The van der Waals surface area contributed by atoms with Gasteiger partial charge in [0, 0.05) is 19.5 Å². The molecule has 1 atom stereocenters. The number of carboxylic acids is 1. The van der Waals surface area contributed by atoms with Crippen LogP contribution in [0, 0.1) is 5.92 Å². The third-order valence-electron chi connectivity index (χ3n) is 3.70. The minimum atomic E-state index is -3.59. The minimum Gasteiger partial charge on any atom is -0.495 e. The molecule has 1 aliphatic heterocycles. The van der Waals surface area contributed by atoms with Crippen LogP contribution in [0.2, 0.25) is 0 Å². The van der Waals surface area contributed by atoms with Crippen molar-refractivity contribution in [3.05, 3.63) is 24.3 Å². The molecule has 0 radical (unpaired) electrons. The van der Waals surface area contributed by atoms with Crippen molar-refractivity contribution in [3.8, 4) is 5.75 Å². The predicted molar refractivity (Wildman–Crippen MR) is 76.7 cm³/mol. The van der Waals surface area contributed by atoms with Crippen LogP contribution >= 0.6 is 0 Å². The summed E-state index contributed by atoms with van der Waals surface area (Å²) < 4.78 is 31.8. The lowest BCUT2D eigenvalue weighted by molar-refractivity contribution is -0.137. The number of nitrogens with zero attached hydrogens (tertiary/aromatic N) is 1. The van der Waals surface area contributed by atoms with Gasteiger partial charge in [-0.3, -0.25) is 4.79 Å². The Hall–Kier alpha value is -1.60. The zero-order valence-corrected chi connectivity index (χ0v) is 12.7. The Kier molecular flexibility index (Phi) is 4.84. The molecule has 21 heavy (non-hydrogen) atoms. The van der Waals surface area contributed by atoms with Crippen molar-refractivity contribution in [2.45, 2.75) is 24.2 Å². The van der Waals surface area contributed by atoms with Gasteiger partial charge in [0.1, 0.15) is 10.6 Å². The first-order chi connectivity index (χ1) is 9.95. The summed E-state index contributed by atoms with van der Waals surface area (Å²) in [5.74, 6) is -0.418. The molecule has 0 bridgehead atoms. The summed E-state index contributed by atoms with van der Waals surface area (Å²) in [7, 11) is -2.15. The van der Waals surface area contributed by atoms with Crippen molar-refractivity contribution in [1.29, 1.82) is 0 Å². The van der Waals surface area contributed by atoms with Crippen LogP contribution in [0.5, 0.6) is 5.75 Å². The second-order valence-corrected chi connectivity index (χ2v) is 7.01. The average Bonchev–Trinajstić information content (AvgIpc) is 2.94. The van der Waals surface area contributed by atoms with Gasteiger partial charge in [0.2, 0.25) is 10.0 Å². The second kappa shape index (κ2) is 6.44. The summed E-state index contributed by atoms with van der Waals surface area (Å²) in [6.07, 6.45) is 1.28. The van der Waals surface area contributed by atoms with Gasteiger partial charge in [0.25, 0.3) is 0 Å². The Morgan fingerprint density at radius 1 is 1.43 bits per heavy atom.